The fourth-order valence-corrected chi connectivity index (χ4v) is 1.29. The van der Waals surface area contributed by atoms with Crippen molar-refractivity contribution in [3.63, 3.8) is 0 Å². The fraction of sp³-hybridized carbons (Fsp3) is 0.400. The van der Waals surface area contributed by atoms with Crippen LogP contribution in [0.3, 0.4) is 0 Å². The van der Waals surface area contributed by atoms with Crippen LogP contribution in [0.1, 0.15) is 12.5 Å². The van der Waals surface area contributed by atoms with E-state index in [1.165, 1.54) is 6.92 Å². The van der Waals surface area contributed by atoms with Crippen LogP contribution in [0.15, 0.2) is 24.3 Å². The van der Waals surface area contributed by atoms with E-state index in [1.54, 1.807) is 6.07 Å². The molecule has 72 valence electrons. The van der Waals surface area contributed by atoms with Crippen molar-refractivity contribution in [1.29, 1.82) is 0 Å². The average molecular weight is 202 g/mol. The van der Waals surface area contributed by atoms with Gasteiger partial charge in [0.05, 0.1) is 0 Å². The molecule has 0 saturated carbocycles. The van der Waals surface area contributed by atoms with Crippen molar-refractivity contribution in [3.8, 4) is 0 Å². The van der Waals surface area contributed by atoms with Crippen molar-refractivity contribution in [2.45, 2.75) is 25.6 Å². The molecule has 0 fully saturated rings. The Balaban J connectivity index is 2.69. The topological polar surface area (TPSA) is 26.0 Å². The van der Waals surface area contributed by atoms with Crippen LogP contribution in [-0.2, 0) is 6.42 Å². The lowest BCUT2D eigenvalue weighted by Gasteiger charge is -2.13. The maximum Gasteiger partial charge on any atom is 0.113 e. The molecule has 1 aromatic carbocycles. The van der Waals surface area contributed by atoms with Crippen LogP contribution in [0.25, 0.3) is 0 Å². The maximum absolute atomic E-state index is 12.7. The Bertz CT molecular complexity index is 275. The second-order valence-corrected chi connectivity index (χ2v) is 3.54. The molecule has 2 unspecified atom stereocenters. The first kappa shape index (κ1) is 10.5. The van der Waals surface area contributed by atoms with Gasteiger partial charge in [0, 0.05) is 11.1 Å². The Morgan fingerprint density at radius 2 is 2.08 bits per heavy atom. The fourth-order valence-electron chi connectivity index (χ4n) is 1.08. The smallest absolute Gasteiger partial charge is 0.113 e. The largest absolute Gasteiger partial charge is 0.325 e. The summed E-state index contributed by atoms with van der Waals surface area (Å²) >= 11 is 5.89. The molecule has 0 radical (unpaired) electrons. The zero-order valence-corrected chi connectivity index (χ0v) is 8.26. The van der Waals surface area contributed by atoms with Gasteiger partial charge in [0.15, 0.2) is 0 Å². The summed E-state index contributed by atoms with van der Waals surface area (Å²) in [6.07, 6.45) is -0.520. The zero-order valence-electron chi connectivity index (χ0n) is 7.50. The summed E-state index contributed by atoms with van der Waals surface area (Å²) in [5, 5.41) is 0.651. The lowest BCUT2D eigenvalue weighted by Crippen LogP contribution is -2.31. The van der Waals surface area contributed by atoms with E-state index in [-0.39, 0.29) is 0 Å². The number of halogens is 2. The third kappa shape index (κ3) is 2.98. The second kappa shape index (κ2) is 4.58. The predicted molar refractivity (Wildman–Crippen MR) is 53.7 cm³/mol. The number of rotatable bonds is 3. The SMILES string of the molecule is CC(F)C(N)Cc1ccccc1Cl. The van der Waals surface area contributed by atoms with Crippen molar-refractivity contribution in [1.82, 2.24) is 0 Å². The Morgan fingerprint density at radius 1 is 1.46 bits per heavy atom. The quantitative estimate of drug-likeness (QED) is 0.799. The highest BCUT2D eigenvalue weighted by atomic mass is 35.5. The van der Waals surface area contributed by atoms with E-state index >= 15 is 0 Å². The molecule has 0 bridgehead atoms. The molecular weight excluding hydrogens is 189 g/mol. The van der Waals surface area contributed by atoms with E-state index in [0.29, 0.717) is 11.4 Å². The average Bonchev–Trinajstić information content (AvgIpc) is 2.08. The molecule has 13 heavy (non-hydrogen) atoms. The molecular formula is C10H13ClFN. The van der Waals surface area contributed by atoms with E-state index in [4.69, 9.17) is 17.3 Å². The Morgan fingerprint density at radius 3 is 2.62 bits per heavy atom. The van der Waals surface area contributed by atoms with Gasteiger partial charge in [0.25, 0.3) is 0 Å². The number of hydrogen-bond donors (Lipinski definition) is 1. The molecule has 2 atom stereocenters. The van der Waals surface area contributed by atoms with Gasteiger partial charge >= 0.3 is 0 Å². The first-order valence-corrected chi connectivity index (χ1v) is 4.62. The van der Waals surface area contributed by atoms with Gasteiger partial charge in [-0.1, -0.05) is 29.8 Å². The third-order valence-electron chi connectivity index (χ3n) is 2.00. The van der Waals surface area contributed by atoms with Crippen LogP contribution in [0.2, 0.25) is 5.02 Å². The first-order chi connectivity index (χ1) is 6.11. The Labute approximate surface area is 82.7 Å². The number of hydrogen-bond acceptors (Lipinski definition) is 1. The lowest BCUT2D eigenvalue weighted by molar-refractivity contribution is 0.304. The molecule has 0 aromatic heterocycles. The normalized spacial score (nSPS) is 15.4. The summed E-state index contributed by atoms with van der Waals surface area (Å²) in [6, 6.07) is 6.89. The van der Waals surface area contributed by atoms with Gasteiger partial charge in [-0.05, 0) is 25.0 Å². The van der Waals surface area contributed by atoms with Gasteiger partial charge in [-0.25, -0.2) is 4.39 Å². The van der Waals surface area contributed by atoms with Crippen molar-refractivity contribution >= 4 is 11.6 Å². The molecule has 0 aliphatic rings. The van der Waals surface area contributed by atoms with Gasteiger partial charge in [-0.15, -0.1) is 0 Å². The molecule has 0 heterocycles. The summed E-state index contributed by atoms with van der Waals surface area (Å²) in [6.45, 7) is 1.46. The van der Waals surface area contributed by atoms with Crippen molar-refractivity contribution in [3.05, 3.63) is 34.9 Å². The minimum Gasteiger partial charge on any atom is -0.325 e. The van der Waals surface area contributed by atoms with Gasteiger partial charge in [-0.2, -0.15) is 0 Å². The van der Waals surface area contributed by atoms with Gasteiger partial charge in [0.1, 0.15) is 6.17 Å². The molecule has 1 rings (SSSR count). The summed E-state index contributed by atoms with van der Waals surface area (Å²) < 4.78 is 12.7. The summed E-state index contributed by atoms with van der Waals surface area (Å²) in [5.41, 5.74) is 6.49. The second-order valence-electron chi connectivity index (χ2n) is 3.14. The third-order valence-corrected chi connectivity index (χ3v) is 2.37. The Kier molecular flexibility index (Phi) is 3.70. The maximum atomic E-state index is 12.7. The molecule has 0 aliphatic heterocycles. The number of alkyl halides is 1. The zero-order chi connectivity index (χ0) is 9.84. The predicted octanol–water partition coefficient (Wildman–Crippen LogP) is 2.57. The molecule has 3 heteroatoms. The number of benzene rings is 1. The van der Waals surface area contributed by atoms with Crippen LogP contribution in [0, 0.1) is 0 Å². The molecule has 0 aliphatic carbocycles. The summed E-state index contributed by atoms with van der Waals surface area (Å²) in [7, 11) is 0. The van der Waals surface area contributed by atoms with E-state index in [1.807, 2.05) is 18.2 Å². The van der Waals surface area contributed by atoms with Gasteiger partial charge in [0.2, 0.25) is 0 Å². The minimum atomic E-state index is -1.00. The van der Waals surface area contributed by atoms with E-state index in [9.17, 15) is 4.39 Å². The molecule has 0 saturated heterocycles. The summed E-state index contributed by atoms with van der Waals surface area (Å²) in [4.78, 5) is 0. The highest BCUT2D eigenvalue weighted by Crippen LogP contribution is 2.17. The van der Waals surface area contributed by atoms with Crippen LogP contribution < -0.4 is 5.73 Å². The van der Waals surface area contributed by atoms with Crippen molar-refractivity contribution in [2.24, 2.45) is 5.73 Å². The van der Waals surface area contributed by atoms with Crippen LogP contribution in [0.5, 0.6) is 0 Å². The van der Waals surface area contributed by atoms with E-state index in [2.05, 4.69) is 0 Å². The van der Waals surface area contributed by atoms with Crippen LogP contribution in [-0.4, -0.2) is 12.2 Å². The monoisotopic (exact) mass is 201 g/mol. The number of nitrogens with two attached hydrogens (primary N) is 1. The molecule has 2 N–H and O–H groups in total. The van der Waals surface area contributed by atoms with Crippen molar-refractivity contribution in [2.75, 3.05) is 0 Å². The Hall–Kier alpha value is -0.600. The standard InChI is InChI=1S/C10H13ClFN/c1-7(12)10(13)6-8-4-2-3-5-9(8)11/h2-5,7,10H,6,13H2,1H3. The first-order valence-electron chi connectivity index (χ1n) is 4.24. The van der Waals surface area contributed by atoms with E-state index in [0.717, 1.165) is 5.56 Å². The van der Waals surface area contributed by atoms with Crippen LogP contribution in [0.4, 0.5) is 4.39 Å². The van der Waals surface area contributed by atoms with Crippen LogP contribution >= 0.6 is 11.6 Å². The molecule has 0 amide bonds. The van der Waals surface area contributed by atoms with Gasteiger partial charge < -0.3 is 5.73 Å². The van der Waals surface area contributed by atoms with Crippen molar-refractivity contribution < 1.29 is 4.39 Å². The van der Waals surface area contributed by atoms with E-state index < -0.39 is 12.2 Å². The lowest BCUT2D eigenvalue weighted by atomic mass is 10.0. The molecule has 1 nitrogen and oxygen atoms in total. The molecule has 1 aromatic rings. The molecule has 0 spiro atoms. The van der Waals surface area contributed by atoms with Gasteiger partial charge in [-0.3, -0.25) is 0 Å². The highest BCUT2D eigenvalue weighted by molar-refractivity contribution is 6.31. The minimum absolute atomic E-state index is 0.472. The summed E-state index contributed by atoms with van der Waals surface area (Å²) in [5.74, 6) is 0. The highest BCUT2D eigenvalue weighted by Gasteiger charge is 2.12.